The molecule has 2 heterocycles. The van der Waals surface area contributed by atoms with Gasteiger partial charge in [-0.3, -0.25) is 4.98 Å². The van der Waals surface area contributed by atoms with E-state index < -0.39 is 8.32 Å². The van der Waals surface area contributed by atoms with Crippen molar-refractivity contribution < 1.29 is 8.84 Å². The van der Waals surface area contributed by atoms with Crippen LogP contribution < -0.4 is 0 Å². The van der Waals surface area contributed by atoms with Crippen molar-refractivity contribution in [2.75, 3.05) is 0 Å². The minimum atomic E-state index is -1.74. The van der Waals surface area contributed by atoms with E-state index >= 15 is 0 Å². The molecule has 0 aliphatic heterocycles. The Hall–Kier alpha value is -0.653. The van der Waals surface area contributed by atoms with Crippen molar-refractivity contribution in [3.05, 3.63) is 28.6 Å². The van der Waals surface area contributed by atoms with Gasteiger partial charge in [0.05, 0.1) is 6.61 Å². The van der Waals surface area contributed by atoms with Crippen LogP contribution >= 0.6 is 15.9 Å². The molecular weight excluding hydrogens is 322 g/mol. The van der Waals surface area contributed by atoms with Gasteiger partial charge in [0, 0.05) is 16.7 Å². The van der Waals surface area contributed by atoms with Crippen molar-refractivity contribution in [3.63, 3.8) is 0 Å². The molecule has 0 aliphatic carbocycles. The van der Waals surface area contributed by atoms with Crippen LogP contribution in [0.15, 0.2) is 27.2 Å². The van der Waals surface area contributed by atoms with E-state index in [0.717, 1.165) is 21.3 Å². The van der Waals surface area contributed by atoms with E-state index in [1.807, 2.05) is 12.1 Å². The average Bonchev–Trinajstić information content (AvgIpc) is 2.67. The number of halogens is 1. The first-order valence-corrected chi connectivity index (χ1v) is 10.1. The minimum Gasteiger partial charge on any atom is -0.457 e. The molecule has 0 aromatic carbocycles. The minimum absolute atomic E-state index is 0.209. The molecule has 104 valence electrons. The first kappa shape index (κ1) is 14.7. The number of hydrogen-bond acceptors (Lipinski definition) is 3. The maximum absolute atomic E-state index is 6.15. The molecule has 2 aromatic heterocycles. The van der Waals surface area contributed by atoms with Gasteiger partial charge in [-0.25, -0.2) is 0 Å². The van der Waals surface area contributed by atoms with E-state index in [1.54, 1.807) is 6.20 Å². The third-order valence-electron chi connectivity index (χ3n) is 3.77. The second kappa shape index (κ2) is 5.03. The first-order chi connectivity index (χ1) is 8.69. The zero-order valence-corrected chi connectivity index (χ0v) is 14.7. The smallest absolute Gasteiger partial charge is 0.192 e. The Labute approximate surface area is 123 Å². The molecule has 0 saturated carbocycles. The molecule has 0 saturated heterocycles. The zero-order valence-electron chi connectivity index (χ0n) is 12.1. The van der Waals surface area contributed by atoms with Gasteiger partial charge in [0.1, 0.15) is 11.3 Å². The summed E-state index contributed by atoms with van der Waals surface area (Å²) in [5.41, 5.74) is 1.67. The Morgan fingerprint density at radius 3 is 2.63 bits per heavy atom. The second-order valence-corrected chi connectivity index (χ2v) is 12.0. The molecule has 19 heavy (non-hydrogen) atoms. The van der Waals surface area contributed by atoms with Gasteiger partial charge in [-0.1, -0.05) is 20.8 Å². The summed E-state index contributed by atoms with van der Waals surface area (Å²) in [5, 5.41) is 0.209. The van der Waals surface area contributed by atoms with Crippen molar-refractivity contribution in [1.29, 1.82) is 0 Å². The van der Waals surface area contributed by atoms with Crippen LogP contribution in [-0.2, 0) is 11.0 Å². The predicted molar refractivity (Wildman–Crippen MR) is 83.7 cm³/mol. The standard InChI is InChI=1S/C14H20BrNO2Si/c1-14(2,3)19(4,5)17-9-11-7-12-13(18-11)6-10(15)8-16-12/h6-8H,9H2,1-5H3. The van der Waals surface area contributed by atoms with Crippen LogP contribution in [0.4, 0.5) is 0 Å². The maximum atomic E-state index is 6.15. The lowest BCUT2D eigenvalue weighted by Gasteiger charge is -2.35. The second-order valence-electron chi connectivity index (χ2n) is 6.30. The van der Waals surface area contributed by atoms with Crippen LogP contribution in [0.25, 0.3) is 11.1 Å². The van der Waals surface area contributed by atoms with E-state index in [0.29, 0.717) is 6.61 Å². The highest BCUT2D eigenvalue weighted by molar-refractivity contribution is 9.10. The number of hydrogen-bond donors (Lipinski definition) is 0. The number of fused-ring (bicyclic) bond motifs is 1. The maximum Gasteiger partial charge on any atom is 0.192 e. The molecule has 2 aromatic rings. The van der Waals surface area contributed by atoms with Gasteiger partial charge in [0.15, 0.2) is 13.9 Å². The van der Waals surface area contributed by atoms with Gasteiger partial charge in [0.25, 0.3) is 0 Å². The van der Waals surface area contributed by atoms with Crippen LogP contribution in [0.5, 0.6) is 0 Å². The lowest BCUT2D eigenvalue weighted by molar-refractivity contribution is 0.249. The highest BCUT2D eigenvalue weighted by Gasteiger charge is 2.37. The van der Waals surface area contributed by atoms with E-state index in [4.69, 9.17) is 8.84 Å². The largest absolute Gasteiger partial charge is 0.457 e. The molecule has 5 heteroatoms. The fourth-order valence-electron chi connectivity index (χ4n) is 1.48. The van der Waals surface area contributed by atoms with Gasteiger partial charge < -0.3 is 8.84 Å². The van der Waals surface area contributed by atoms with Crippen LogP contribution in [-0.4, -0.2) is 13.3 Å². The molecule has 0 unspecified atom stereocenters. The van der Waals surface area contributed by atoms with E-state index in [1.165, 1.54) is 0 Å². The summed E-state index contributed by atoms with van der Waals surface area (Å²) >= 11 is 3.39. The number of pyridine rings is 1. The van der Waals surface area contributed by atoms with Gasteiger partial charge in [-0.2, -0.15) is 0 Å². The quantitative estimate of drug-likeness (QED) is 0.727. The first-order valence-electron chi connectivity index (χ1n) is 6.37. The number of furan rings is 1. The lowest BCUT2D eigenvalue weighted by Crippen LogP contribution is -2.40. The average molecular weight is 342 g/mol. The summed E-state index contributed by atoms with van der Waals surface area (Å²) in [6.45, 7) is 11.7. The molecule has 0 bridgehead atoms. The number of rotatable bonds is 3. The fourth-order valence-corrected chi connectivity index (χ4v) is 2.73. The third-order valence-corrected chi connectivity index (χ3v) is 8.68. The molecule has 2 rings (SSSR count). The van der Waals surface area contributed by atoms with Crippen molar-refractivity contribution in [2.24, 2.45) is 0 Å². The van der Waals surface area contributed by atoms with E-state index in [-0.39, 0.29) is 5.04 Å². The van der Waals surface area contributed by atoms with Crippen LogP contribution in [0, 0.1) is 0 Å². The Bertz CT molecular complexity index is 587. The van der Waals surface area contributed by atoms with E-state index in [2.05, 4.69) is 54.8 Å². The SMILES string of the molecule is CC(C)(C)[Si](C)(C)OCc1cc2ncc(Br)cc2o1. The highest BCUT2D eigenvalue weighted by Crippen LogP contribution is 2.37. The zero-order chi connectivity index (χ0) is 14.3. The normalized spacial score (nSPS) is 13.2. The van der Waals surface area contributed by atoms with E-state index in [9.17, 15) is 0 Å². The molecular formula is C14H20BrNO2Si. The third kappa shape index (κ3) is 3.27. The molecule has 0 aliphatic rings. The Morgan fingerprint density at radius 1 is 1.32 bits per heavy atom. The lowest BCUT2D eigenvalue weighted by atomic mass is 10.2. The summed E-state index contributed by atoms with van der Waals surface area (Å²) in [5.74, 6) is 0.838. The van der Waals surface area contributed by atoms with Crippen molar-refractivity contribution in [1.82, 2.24) is 4.98 Å². The van der Waals surface area contributed by atoms with Gasteiger partial charge in [0.2, 0.25) is 0 Å². The summed E-state index contributed by atoms with van der Waals surface area (Å²) in [4.78, 5) is 4.31. The summed E-state index contributed by atoms with van der Waals surface area (Å²) < 4.78 is 12.8. The monoisotopic (exact) mass is 341 g/mol. The van der Waals surface area contributed by atoms with Crippen molar-refractivity contribution >= 4 is 35.3 Å². The fraction of sp³-hybridized carbons (Fsp3) is 0.500. The summed E-state index contributed by atoms with van der Waals surface area (Å²) in [7, 11) is -1.74. The Balaban J connectivity index is 2.14. The van der Waals surface area contributed by atoms with Crippen LogP contribution in [0.1, 0.15) is 26.5 Å². The molecule has 0 N–H and O–H groups in total. The summed E-state index contributed by atoms with van der Waals surface area (Å²) in [6.07, 6.45) is 1.77. The molecule has 0 spiro atoms. The number of aromatic nitrogens is 1. The molecule has 0 amide bonds. The topological polar surface area (TPSA) is 35.3 Å². The van der Waals surface area contributed by atoms with Gasteiger partial charge in [-0.05, 0) is 40.1 Å². The molecule has 3 nitrogen and oxygen atoms in total. The molecule has 0 atom stereocenters. The molecule has 0 radical (unpaired) electrons. The van der Waals surface area contributed by atoms with Crippen LogP contribution in [0.2, 0.25) is 18.1 Å². The highest BCUT2D eigenvalue weighted by atomic mass is 79.9. The molecule has 0 fully saturated rings. The Kier molecular flexibility index (Phi) is 3.91. The Morgan fingerprint density at radius 2 is 2.00 bits per heavy atom. The van der Waals surface area contributed by atoms with Crippen molar-refractivity contribution in [3.8, 4) is 0 Å². The summed E-state index contributed by atoms with van der Waals surface area (Å²) in [6, 6.07) is 3.88. The van der Waals surface area contributed by atoms with Crippen LogP contribution in [0.3, 0.4) is 0 Å². The van der Waals surface area contributed by atoms with Crippen molar-refractivity contribution in [2.45, 2.75) is 45.5 Å². The number of nitrogens with zero attached hydrogens (tertiary/aromatic N) is 1. The van der Waals surface area contributed by atoms with Gasteiger partial charge >= 0.3 is 0 Å². The van der Waals surface area contributed by atoms with Gasteiger partial charge in [-0.15, -0.1) is 0 Å². The predicted octanol–water partition coefficient (Wildman–Crippen LogP) is 5.11.